The van der Waals surface area contributed by atoms with E-state index in [1.54, 1.807) is 12.1 Å². The molecular weight excluding hydrogens is 250 g/mol. The Bertz CT molecular complexity index is 617. The Balaban J connectivity index is 2.70. The highest BCUT2D eigenvalue weighted by Crippen LogP contribution is 2.33. The predicted octanol–water partition coefficient (Wildman–Crippen LogP) is 1.10. The van der Waals surface area contributed by atoms with Crippen LogP contribution in [0.5, 0.6) is 0 Å². The van der Waals surface area contributed by atoms with Crippen molar-refractivity contribution < 1.29 is 22.6 Å². The summed E-state index contributed by atoms with van der Waals surface area (Å²) in [5.41, 5.74) is 0.252. The number of hydrogen-bond acceptors (Lipinski definition) is 4. The maximum atomic E-state index is 12.0. The number of hydrogen-bond donors (Lipinski definition) is 1. The van der Waals surface area contributed by atoms with Crippen LogP contribution in [-0.4, -0.2) is 29.3 Å². The summed E-state index contributed by atoms with van der Waals surface area (Å²) in [5.74, 6) is -1.20. The molecule has 0 aromatic heterocycles. The number of rotatable bonds is 1. The molecule has 0 amide bonds. The summed E-state index contributed by atoms with van der Waals surface area (Å²) in [6, 6.07) is 6.00. The number of carbonyl (C=O) groups excluding carboxylic acids is 2. The van der Waals surface area contributed by atoms with Gasteiger partial charge in [-0.2, -0.15) is 8.42 Å². The van der Waals surface area contributed by atoms with Gasteiger partial charge in [0.25, 0.3) is 10.1 Å². The van der Waals surface area contributed by atoms with Crippen molar-refractivity contribution in [3.63, 3.8) is 0 Å². The van der Waals surface area contributed by atoms with Gasteiger partial charge < -0.3 is 0 Å². The second-order valence-corrected chi connectivity index (χ2v) is 6.03. The van der Waals surface area contributed by atoms with Crippen LogP contribution in [0.2, 0.25) is 0 Å². The van der Waals surface area contributed by atoms with Crippen molar-refractivity contribution in [2.45, 2.75) is 18.1 Å². The standard InChI is InChI=1S/C11H10O5S/c1-11(17(14,15)16)6-9(12)7-4-2-3-5-8(7)10(11)13/h2-5H,6H2,1H3,(H,14,15,16)/i2+1,3+1,4+1,5+1,7+1,8+1. The van der Waals surface area contributed by atoms with Gasteiger partial charge in [-0.1, -0.05) is 24.3 Å². The van der Waals surface area contributed by atoms with E-state index in [-0.39, 0.29) is 11.1 Å². The van der Waals surface area contributed by atoms with Crippen LogP contribution in [0.3, 0.4) is 0 Å². The lowest BCUT2D eigenvalue weighted by atomic mass is 10.00. The maximum Gasteiger partial charge on any atom is 0.278 e. The van der Waals surface area contributed by atoms with E-state index in [0.717, 1.165) is 6.92 Å². The third kappa shape index (κ3) is 1.60. The average molecular weight is 260 g/mol. The normalized spacial score (nSPS) is 24.6. The predicted molar refractivity (Wildman–Crippen MR) is 59.7 cm³/mol. The van der Waals surface area contributed by atoms with Crippen molar-refractivity contribution in [3.05, 3.63) is 35.4 Å². The molecule has 0 fully saturated rings. The first-order valence-corrected chi connectivity index (χ1v) is 6.35. The van der Waals surface area contributed by atoms with Gasteiger partial charge in [0.05, 0.1) is 0 Å². The Kier molecular flexibility index (Phi) is 2.44. The van der Waals surface area contributed by atoms with Crippen molar-refractivity contribution in [3.8, 4) is 0 Å². The Labute approximate surface area is 98.2 Å². The molecule has 17 heavy (non-hydrogen) atoms. The zero-order valence-corrected chi connectivity index (χ0v) is 9.82. The summed E-state index contributed by atoms with van der Waals surface area (Å²) in [5, 5.41) is 0. The second kappa shape index (κ2) is 3.48. The number of fused-ring (bicyclic) bond motifs is 1. The minimum atomic E-state index is -4.62. The Morgan fingerprint density at radius 2 is 1.71 bits per heavy atom. The van der Waals surface area contributed by atoms with Crippen molar-refractivity contribution in [1.82, 2.24) is 0 Å². The van der Waals surface area contributed by atoms with Crippen molar-refractivity contribution in [1.29, 1.82) is 0 Å². The SMILES string of the molecule is CC1(S(=O)(=O)O)CC(=O)[13c]2[13cH][13cH][13cH][13cH][13c]2C1=O. The second-order valence-electron chi connectivity index (χ2n) is 4.18. The lowest BCUT2D eigenvalue weighted by Crippen LogP contribution is -2.48. The summed E-state index contributed by atoms with van der Waals surface area (Å²) >= 11 is 0. The zero-order valence-electron chi connectivity index (χ0n) is 9.00. The Morgan fingerprint density at radius 1 is 1.18 bits per heavy atom. The molecule has 0 radical (unpaired) electrons. The van der Waals surface area contributed by atoms with Crippen molar-refractivity contribution in [2.75, 3.05) is 0 Å². The third-order valence-corrected chi connectivity index (χ3v) is 4.49. The fourth-order valence-electron chi connectivity index (χ4n) is 1.90. The van der Waals surface area contributed by atoms with E-state index in [9.17, 15) is 18.0 Å². The van der Waals surface area contributed by atoms with Gasteiger partial charge in [0.15, 0.2) is 16.3 Å². The van der Waals surface area contributed by atoms with E-state index in [0.29, 0.717) is 0 Å². The molecule has 90 valence electrons. The van der Waals surface area contributed by atoms with Gasteiger partial charge in [-0.05, 0) is 6.92 Å². The fraction of sp³-hybridized carbons (Fsp3) is 0.273. The van der Waals surface area contributed by atoms with E-state index >= 15 is 0 Å². The molecule has 1 aliphatic carbocycles. The summed E-state index contributed by atoms with van der Waals surface area (Å²) in [7, 11) is -4.62. The molecule has 0 bridgehead atoms. The Hall–Kier alpha value is -1.53. The van der Waals surface area contributed by atoms with Crippen LogP contribution in [0.15, 0.2) is 24.3 Å². The first-order valence-electron chi connectivity index (χ1n) is 4.91. The van der Waals surface area contributed by atoms with Crippen LogP contribution < -0.4 is 0 Å². The molecule has 1 N–H and O–H groups in total. The fourth-order valence-corrected chi connectivity index (χ4v) is 2.56. The molecule has 1 aliphatic rings. The van der Waals surface area contributed by atoms with Gasteiger partial charge in [-0.3, -0.25) is 14.1 Å². The van der Waals surface area contributed by atoms with E-state index in [2.05, 4.69) is 0 Å². The Morgan fingerprint density at radius 3 is 2.24 bits per heavy atom. The number of ketones is 2. The van der Waals surface area contributed by atoms with E-state index in [1.807, 2.05) is 0 Å². The number of Topliss-reactive ketones (excluding diaryl/α,β-unsaturated/α-hetero) is 2. The van der Waals surface area contributed by atoms with Gasteiger partial charge in [-0.15, -0.1) is 0 Å². The smallest absolute Gasteiger partial charge is 0.278 e. The van der Waals surface area contributed by atoms with Crippen molar-refractivity contribution >= 4 is 21.7 Å². The molecule has 1 aromatic rings. The average Bonchev–Trinajstić information content (AvgIpc) is 2.25. The summed E-state index contributed by atoms with van der Waals surface area (Å²) in [6.45, 7) is 1.07. The van der Waals surface area contributed by atoms with Gasteiger partial charge in [0, 0.05) is 17.5 Å². The summed E-state index contributed by atoms with van der Waals surface area (Å²) < 4.78 is 29.6. The van der Waals surface area contributed by atoms with Gasteiger partial charge >= 0.3 is 0 Å². The summed E-state index contributed by atoms with van der Waals surface area (Å²) in [6.07, 6.45) is -0.526. The topological polar surface area (TPSA) is 88.5 Å². The molecule has 5 nitrogen and oxygen atoms in total. The molecular formula is C11H10O5S. The largest absolute Gasteiger partial charge is 0.294 e. The minimum absolute atomic E-state index is 0.0453. The van der Waals surface area contributed by atoms with Crippen LogP contribution in [0.1, 0.15) is 34.1 Å². The molecule has 0 saturated carbocycles. The van der Waals surface area contributed by atoms with Gasteiger partial charge in [-0.25, -0.2) is 0 Å². The third-order valence-electron chi connectivity index (χ3n) is 3.02. The zero-order chi connectivity index (χ0) is 12.8. The molecule has 2 rings (SSSR count). The van der Waals surface area contributed by atoms with Crippen LogP contribution in [0.25, 0.3) is 0 Å². The maximum absolute atomic E-state index is 12.0. The highest BCUT2D eigenvalue weighted by molar-refractivity contribution is 7.88. The number of benzene rings is 1. The first kappa shape index (κ1) is 11.9. The quantitative estimate of drug-likeness (QED) is 0.764. The molecule has 1 aromatic carbocycles. The minimum Gasteiger partial charge on any atom is -0.294 e. The molecule has 1 unspecified atom stereocenters. The van der Waals surface area contributed by atoms with E-state index < -0.39 is 32.9 Å². The molecule has 0 aliphatic heterocycles. The highest BCUT2D eigenvalue weighted by atomic mass is 32.2. The van der Waals surface area contributed by atoms with Crippen LogP contribution in [0, 0.1) is 0 Å². The molecule has 1 atom stereocenters. The van der Waals surface area contributed by atoms with Crippen molar-refractivity contribution in [2.24, 2.45) is 0 Å². The first-order chi connectivity index (χ1) is 7.77. The monoisotopic (exact) mass is 260 g/mol. The van der Waals surface area contributed by atoms with Gasteiger partial charge in [0.2, 0.25) is 0 Å². The van der Waals surface area contributed by atoms with E-state index in [4.69, 9.17) is 4.55 Å². The van der Waals surface area contributed by atoms with Crippen LogP contribution >= 0.6 is 0 Å². The van der Waals surface area contributed by atoms with E-state index in [1.165, 1.54) is 12.1 Å². The lowest BCUT2D eigenvalue weighted by molar-refractivity contribution is 0.0846. The lowest BCUT2D eigenvalue weighted by Gasteiger charge is -2.29. The number of carbonyl (C=O) groups is 2. The highest BCUT2D eigenvalue weighted by Gasteiger charge is 2.51. The molecule has 0 heterocycles. The van der Waals surface area contributed by atoms with Crippen LogP contribution in [0.4, 0.5) is 0 Å². The molecule has 0 spiro atoms. The molecule has 0 saturated heterocycles. The molecule has 6 heteroatoms. The van der Waals surface area contributed by atoms with Gasteiger partial charge in [0.1, 0.15) is 0 Å². The van der Waals surface area contributed by atoms with Crippen LogP contribution in [-0.2, 0) is 10.1 Å². The summed E-state index contributed by atoms with van der Waals surface area (Å²) in [4.78, 5) is 23.8.